The lowest BCUT2D eigenvalue weighted by Crippen LogP contribution is -1.89. The van der Waals surface area contributed by atoms with Gasteiger partial charge in [-0.25, -0.2) is 0 Å². The van der Waals surface area contributed by atoms with E-state index in [0.717, 1.165) is 38.0 Å². The lowest BCUT2D eigenvalue weighted by Gasteiger charge is -2.06. The van der Waals surface area contributed by atoms with E-state index in [1.54, 1.807) is 14.2 Å². The molecule has 0 N–H and O–H groups in total. The average molecular weight is 392 g/mol. The molecule has 0 saturated heterocycles. The molecule has 0 fully saturated rings. The van der Waals surface area contributed by atoms with E-state index >= 15 is 0 Å². The number of alkyl halides is 1. The van der Waals surface area contributed by atoms with E-state index < -0.39 is 0 Å². The summed E-state index contributed by atoms with van der Waals surface area (Å²) in [5.41, 5.74) is 1.99. The molecule has 0 aliphatic heterocycles. The Kier molecular flexibility index (Phi) is 7.94. The molecular formula is C16H17BrCl2O2. The maximum absolute atomic E-state index is 5.90. The van der Waals surface area contributed by atoms with Gasteiger partial charge in [0.15, 0.2) is 0 Å². The summed E-state index contributed by atoms with van der Waals surface area (Å²) in [6.45, 7) is 1.93. The highest BCUT2D eigenvalue weighted by molar-refractivity contribution is 9.08. The van der Waals surface area contributed by atoms with E-state index in [0.29, 0.717) is 0 Å². The van der Waals surface area contributed by atoms with Crippen molar-refractivity contribution in [2.75, 3.05) is 14.2 Å². The highest BCUT2D eigenvalue weighted by atomic mass is 79.9. The normalized spacial score (nSPS) is 9.62. The first-order valence-corrected chi connectivity index (χ1v) is 8.09. The van der Waals surface area contributed by atoms with E-state index in [4.69, 9.17) is 32.7 Å². The van der Waals surface area contributed by atoms with Gasteiger partial charge in [-0.05, 0) is 31.2 Å². The number of hydrogen-bond donors (Lipinski definition) is 0. The Morgan fingerprint density at radius 1 is 0.905 bits per heavy atom. The summed E-state index contributed by atoms with van der Waals surface area (Å²) in [4.78, 5) is 0. The molecule has 0 atom stereocenters. The van der Waals surface area contributed by atoms with Crippen LogP contribution in [0.25, 0.3) is 0 Å². The summed E-state index contributed by atoms with van der Waals surface area (Å²) < 4.78 is 10.1. The van der Waals surface area contributed by atoms with Crippen molar-refractivity contribution in [2.24, 2.45) is 0 Å². The lowest BCUT2D eigenvalue weighted by molar-refractivity contribution is 0.411. The predicted molar refractivity (Wildman–Crippen MR) is 93.4 cm³/mol. The van der Waals surface area contributed by atoms with Gasteiger partial charge in [-0.3, -0.25) is 0 Å². The first kappa shape index (κ1) is 18.1. The molecule has 0 unspecified atom stereocenters. The van der Waals surface area contributed by atoms with Crippen molar-refractivity contribution in [1.82, 2.24) is 0 Å². The maximum atomic E-state index is 5.90. The fourth-order valence-electron chi connectivity index (χ4n) is 1.67. The number of halogens is 3. The molecule has 5 heteroatoms. The van der Waals surface area contributed by atoms with E-state index in [9.17, 15) is 0 Å². The Labute approximate surface area is 144 Å². The summed E-state index contributed by atoms with van der Waals surface area (Å²) in [5.74, 6) is 1.67. The lowest BCUT2D eigenvalue weighted by atomic mass is 10.2. The van der Waals surface area contributed by atoms with Crippen molar-refractivity contribution in [3.8, 4) is 11.5 Å². The molecule has 0 heterocycles. The van der Waals surface area contributed by atoms with Gasteiger partial charge in [-0.1, -0.05) is 51.3 Å². The number of methoxy groups -OCH3 is 2. The van der Waals surface area contributed by atoms with Gasteiger partial charge < -0.3 is 9.47 Å². The minimum absolute atomic E-state index is 0.718. The SMILES string of the molecule is COc1cccc(Cl)c1C.COc1cccc(Cl)c1CBr. The highest BCUT2D eigenvalue weighted by Gasteiger charge is 2.04. The molecule has 2 rings (SSSR count). The molecule has 0 aliphatic rings. The van der Waals surface area contributed by atoms with E-state index in [-0.39, 0.29) is 0 Å². The number of ether oxygens (including phenoxy) is 2. The van der Waals surface area contributed by atoms with Crippen molar-refractivity contribution < 1.29 is 9.47 Å². The van der Waals surface area contributed by atoms with Gasteiger partial charge in [0.1, 0.15) is 11.5 Å². The van der Waals surface area contributed by atoms with Crippen molar-refractivity contribution in [2.45, 2.75) is 12.3 Å². The Morgan fingerprint density at radius 2 is 1.43 bits per heavy atom. The first-order chi connectivity index (χ1) is 10.0. The van der Waals surface area contributed by atoms with Crippen molar-refractivity contribution in [3.63, 3.8) is 0 Å². The summed E-state index contributed by atoms with van der Waals surface area (Å²) >= 11 is 15.0. The topological polar surface area (TPSA) is 18.5 Å². The van der Waals surface area contributed by atoms with Gasteiger partial charge in [-0.2, -0.15) is 0 Å². The highest BCUT2D eigenvalue weighted by Crippen LogP contribution is 2.27. The van der Waals surface area contributed by atoms with Gasteiger partial charge in [0.25, 0.3) is 0 Å². The van der Waals surface area contributed by atoms with Gasteiger partial charge in [-0.15, -0.1) is 0 Å². The van der Waals surface area contributed by atoms with Gasteiger partial charge >= 0.3 is 0 Å². The second-order valence-corrected chi connectivity index (χ2v) is 5.50. The molecule has 0 aromatic heterocycles. The fourth-order valence-corrected chi connectivity index (χ4v) is 2.81. The summed E-state index contributed by atoms with van der Waals surface area (Å²) in [6, 6.07) is 11.2. The molecule has 0 saturated carbocycles. The minimum atomic E-state index is 0.718. The molecule has 2 aromatic carbocycles. The van der Waals surface area contributed by atoms with Crippen LogP contribution in [0.3, 0.4) is 0 Å². The summed E-state index contributed by atoms with van der Waals surface area (Å²) in [5, 5.41) is 2.20. The van der Waals surface area contributed by atoms with Gasteiger partial charge in [0.05, 0.1) is 14.2 Å². The number of rotatable bonds is 3. The molecule has 2 nitrogen and oxygen atoms in total. The zero-order valence-corrected chi connectivity index (χ0v) is 15.2. The van der Waals surface area contributed by atoms with Crippen molar-refractivity contribution in [3.05, 3.63) is 57.6 Å². The van der Waals surface area contributed by atoms with Crippen LogP contribution in [0.15, 0.2) is 36.4 Å². The van der Waals surface area contributed by atoms with Crippen LogP contribution in [0.5, 0.6) is 11.5 Å². The minimum Gasteiger partial charge on any atom is -0.496 e. The quantitative estimate of drug-likeness (QED) is 0.606. The van der Waals surface area contributed by atoms with Crippen LogP contribution in [-0.2, 0) is 5.33 Å². The van der Waals surface area contributed by atoms with Crippen molar-refractivity contribution in [1.29, 1.82) is 0 Å². The van der Waals surface area contributed by atoms with Crippen LogP contribution in [0.4, 0.5) is 0 Å². The van der Waals surface area contributed by atoms with E-state index in [1.807, 2.05) is 43.3 Å². The largest absolute Gasteiger partial charge is 0.496 e. The average Bonchev–Trinajstić information content (AvgIpc) is 2.50. The molecule has 114 valence electrons. The molecule has 0 aliphatic carbocycles. The fraction of sp³-hybridized carbons (Fsp3) is 0.250. The predicted octanol–water partition coefficient (Wildman–Crippen LogP) is 5.90. The Morgan fingerprint density at radius 3 is 1.86 bits per heavy atom. The van der Waals surface area contributed by atoms with Crippen LogP contribution in [0.1, 0.15) is 11.1 Å². The van der Waals surface area contributed by atoms with Crippen LogP contribution in [0.2, 0.25) is 10.0 Å². The van der Waals surface area contributed by atoms with Crippen LogP contribution < -0.4 is 9.47 Å². The number of benzene rings is 2. The van der Waals surface area contributed by atoms with Gasteiger partial charge in [0, 0.05) is 26.5 Å². The third kappa shape index (κ3) is 5.10. The first-order valence-electron chi connectivity index (χ1n) is 6.21. The Hall–Kier alpha value is -0.900. The maximum Gasteiger partial charge on any atom is 0.124 e. The van der Waals surface area contributed by atoms with Crippen LogP contribution >= 0.6 is 39.1 Å². The monoisotopic (exact) mass is 390 g/mol. The summed E-state index contributed by atoms with van der Waals surface area (Å²) in [6.07, 6.45) is 0. The molecule has 0 spiro atoms. The van der Waals surface area contributed by atoms with Crippen molar-refractivity contribution >= 4 is 39.1 Å². The smallest absolute Gasteiger partial charge is 0.124 e. The zero-order chi connectivity index (χ0) is 15.8. The molecule has 0 radical (unpaired) electrons. The third-order valence-electron chi connectivity index (χ3n) is 2.87. The second kappa shape index (κ2) is 9.19. The van der Waals surface area contributed by atoms with E-state index in [1.165, 1.54) is 0 Å². The van der Waals surface area contributed by atoms with E-state index in [2.05, 4.69) is 15.9 Å². The number of hydrogen-bond acceptors (Lipinski definition) is 2. The Balaban J connectivity index is 0.000000211. The Bertz CT molecular complexity index is 588. The summed E-state index contributed by atoms with van der Waals surface area (Å²) in [7, 11) is 3.27. The molecule has 21 heavy (non-hydrogen) atoms. The molecule has 0 bridgehead atoms. The van der Waals surface area contributed by atoms with Gasteiger partial charge in [0.2, 0.25) is 0 Å². The van der Waals surface area contributed by atoms with Crippen LogP contribution in [-0.4, -0.2) is 14.2 Å². The molecule has 2 aromatic rings. The zero-order valence-electron chi connectivity index (χ0n) is 12.1. The second-order valence-electron chi connectivity index (χ2n) is 4.12. The molecular weight excluding hydrogens is 375 g/mol. The van der Waals surface area contributed by atoms with Crippen LogP contribution in [0, 0.1) is 6.92 Å². The third-order valence-corrected chi connectivity index (χ3v) is 4.19. The molecule has 0 amide bonds. The standard InChI is InChI=1S/C8H8BrClO.C8H9ClO/c1-11-8-4-2-3-7(10)6(8)5-9;1-6-7(9)4-3-5-8(6)10-2/h2-4H,5H2,1H3;3-5H,1-2H3.